The van der Waals surface area contributed by atoms with Gasteiger partial charge in [0.2, 0.25) is 0 Å². The topological polar surface area (TPSA) is 40.6 Å². The van der Waals surface area contributed by atoms with Crippen LogP contribution in [0.15, 0.2) is 106 Å². The van der Waals surface area contributed by atoms with Gasteiger partial charge in [-0.3, -0.25) is 9.59 Å². The largest absolute Gasteiger partial charge is 0.339 e. The third kappa shape index (κ3) is 3.32. The van der Waals surface area contributed by atoms with Crippen LogP contribution in [0, 0.1) is 0 Å². The summed E-state index contributed by atoms with van der Waals surface area (Å²) in [4.78, 5) is 31.0. The van der Waals surface area contributed by atoms with Gasteiger partial charge in [0.25, 0.3) is 11.8 Å². The Bertz CT molecular complexity index is 1030. The second kappa shape index (κ2) is 7.74. The van der Waals surface area contributed by atoms with E-state index in [1.54, 1.807) is 17.0 Å². The van der Waals surface area contributed by atoms with Gasteiger partial charge in [-0.1, -0.05) is 66.4 Å². The summed E-state index contributed by atoms with van der Waals surface area (Å²) < 4.78 is 0. The molecule has 3 aromatic carbocycles. The number of amides is 2. The first-order valence-electron chi connectivity index (χ1n) is 8.86. The van der Waals surface area contributed by atoms with Crippen LogP contribution in [0.4, 0.5) is 11.4 Å². The van der Waals surface area contributed by atoms with Gasteiger partial charge in [0.05, 0.1) is 5.69 Å². The minimum Gasteiger partial charge on any atom is -0.339 e. The molecule has 0 aliphatic carbocycles. The third-order valence-corrected chi connectivity index (χ3v) is 5.55. The highest BCUT2D eigenvalue weighted by molar-refractivity contribution is 8.04. The number of nitrogens with zero attached hydrogens (tertiary/aromatic N) is 2. The fourth-order valence-corrected chi connectivity index (χ4v) is 4.11. The predicted octanol–water partition coefficient (Wildman–Crippen LogP) is 4.70. The van der Waals surface area contributed by atoms with Gasteiger partial charge in [0.15, 0.2) is 0 Å². The quantitative estimate of drug-likeness (QED) is 0.596. The Morgan fingerprint density at radius 3 is 1.86 bits per heavy atom. The lowest BCUT2D eigenvalue weighted by Crippen LogP contribution is -2.34. The zero-order valence-corrected chi connectivity index (χ0v) is 16.1. The summed E-state index contributed by atoms with van der Waals surface area (Å²) in [6.45, 7) is 0. The maximum absolute atomic E-state index is 13.3. The molecule has 0 fully saturated rings. The molecule has 2 amide bonds. The molecule has 1 heterocycles. The van der Waals surface area contributed by atoms with E-state index in [0.717, 1.165) is 10.6 Å². The van der Waals surface area contributed by atoms with E-state index < -0.39 is 0 Å². The molecule has 0 N–H and O–H groups in total. The van der Waals surface area contributed by atoms with E-state index in [1.807, 2.05) is 85.9 Å². The molecule has 0 atom stereocenters. The van der Waals surface area contributed by atoms with Crippen LogP contribution in [0.3, 0.4) is 0 Å². The van der Waals surface area contributed by atoms with Crippen LogP contribution in [0.5, 0.6) is 0 Å². The van der Waals surface area contributed by atoms with Gasteiger partial charge in [0.1, 0.15) is 10.6 Å². The summed E-state index contributed by atoms with van der Waals surface area (Å²) in [5.74, 6) is -0.621. The van der Waals surface area contributed by atoms with E-state index >= 15 is 0 Å². The Morgan fingerprint density at radius 1 is 0.714 bits per heavy atom. The molecule has 0 radical (unpaired) electrons. The number of thioether (sulfide) groups is 1. The van der Waals surface area contributed by atoms with E-state index in [0.29, 0.717) is 16.3 Å². The first-order chi connectivity index (χ1) is 13.7. The molecule has 0 bridgehead atoms. The van der Waals surface area contributed by atoms with Crippen LogP contribution in [0.25, 0.3) is 0 Å². The second-order valence-electron chi connectivity index (χ2n) is 6.27. The van der Waals surface area contributed by atoms with Gasteiger partial charge in [0, 0.05) is 17.6 Å². The maximum atomic E-state index is 13.3. The van der Waals surface area contributed by atoms with Gasteiger partial charge in [-0.05, 0) is 36.4 Å². The minimum absolute atomic E-state index is 0.303. The van der Waals surface area contributed by atoms with E-state index in [2.05, 4.69) is 0 Å². The fourth-order valence-electron chi connectivity index (χ4n) is 3.08. The highest BCUT2D eigenvalue weighted by atomic mass is 32.2. The van der Waals surface area contributed by atoms with E-state index in [-0.39, 0.29) is 11.8 Å². The lowest BCUT2D eigenvalue weighted by molar-refractivity contribution is -0.120. The third-order valence-electron chi connectivity index (χ3n) is 4.47. The molecule has 0 spiro atoms. The monoisotopic (exact) mass is 386 g/mol. The zero-order valence-electron chi connectivity index (χ0n) is 15.3. The summed E-state index contributed by atoms with van der Waals surface area (Å²) in [7, 11) is 1.82. The van der Waals surface area contributed by atoms with Gasteiger partial charge in [-0.15, -0.1) is 0 Å². The van der Waals surface area contributed by atoms with Crippen molar-refractivity contribution >= 4 is 35.0 Å². The van der Waals surface area contributed by atoms with Crippen LogP contribution in [-0.2, 0) is 9.59 Å². The number of benzene rings is 3. The highest BCUT2D eigenvalue weighted by Gasteiger charge is 2.42. The number of hydrogen-bond donors (Lipinski definition) is 0. The Kier molecular flexibility index (Phi) is 5.00. The van der Waals surface area contributed by atoms with Crippen molar-refractivity contribution in [2.24, 2.45) is 0 Å². The molecule has 0 unspecified atom stereocenters. The van der Waals surface area contributed by atoms with Crippen molar-refractivity contribution in [2.75, 3.05) is 16.8 Å². The number of anilines is 2. The number of hydrogen-bond acceptors (Lipinski definition) is 4. The number of para-hydroxylation sites is 2. The molecule has 4 rings (SSSR count). The Hall–Kier alpha value is -3.31. The van der Waals surface area contributed by atoms with Crippen LogP contribution in [0.2, 0.25) is 0 Å². The Balaban J connectivity index is 1.80. The lowest BCUT2D eigenvalue weighted by atomic mass is 10.2. The van der Waals surface area contributed by atoms with Crippen LogP contribution >= 0.6 is 11.8 Å². The maximum Gasteiger partial charge on any atom is 0.283 e. The summed E-state index contributed by atoms with van der Waals surface area (Å²) in [6.07, 6.45) is 0. The molecule has 1 aliphatic heterocycles. The number of carbonyl (C=O) groups is 2. The van der Waals surface area contributed by atoms with E-state index in [1.165, 1.54) is 16.7 Å². The molecular formula is C23H18N2O2S. The van der Waals surface area contributed by atoms with Crippen molar-refractivity contribution in [3.05, 3.63) is 102 Å². The minimum atomic E-state index is -0.319. The van der Waals surface area contributed by atoms with Gasteiger partial charge in [-0.2, -0.15) is 0 Å². The smallest absolute Gasteiger partial charge is 0.283 e. The average molecular weight is 386 g/mol. The van der Waals surface area contributed by atoms with Crippen molar-refractivity contribution in [1.82, 2.24) is 0 Å². The van der Waals surface area contributed by atoms with Crippen LogP contribution in [0.1, 0.15) is 0 Å². The van der Waals surface area contributed by atoms with Crippen molar-refractivity contribution in [3.63, 3.8) is 0 Å². The molecule has 5 heteroatoms. The molecule has 1 aliphatic rings. The SMILES string of the molecule is CN(C1=C(Sc2ccccc2)C(=O)N(c2ccccc2)C1=O)c1ccccc1. The van der Waals surface area contributed by atoms with Crippen molar-refractivity contribution in [3.8, 4) is 0 Å². The molecule has 3 aromatic rings. The fraction of sp³-hybridized carbons (Fsp3) is 0.0435. The molecule has 0 saturated heterocycles. The number of likely N-dealkylation sites (N-methyl/N-ethyl adjacent to an activating group) is 1. The first kappa shape index (κ1) is 18.1. The summed E-state index contributed by atoms with van der Waals surface area (Å²) in [5.41, 5.74) is 1.80. The normalized spacial score (nSPS) is 14.0. The predicted molar refractivity (Wildman–Crippen MR) is 113 cm³/mol. The summed E-state index contributed by atoms with van der Waals surface area (Å²) in [5, 5.41) is 0. The highest BCUT2D eigenvalue weighted by Crippen LogP contribution is 2.39. The number of carbonyl (C=O) groups excluding carboxylic acids is 2. The average Bonchev–Trinajstić information content (AvgIpc) is 2.99. The van der Waals surface area contributed by atoms with Gasteiger partial charge < -0.3 is 4.90 Å². The molecule has 138 valence electrons. The summed E-state index contributed by atoms with van der Waals surface area (Å²) in [6, 6.07) is 28.2. The summed E-state index contributed by atoms with van der Waals surface area (Å²) >= 11 is 1.32. The molecule has 28 heavy (non-hydrogen) atoms. The van der Waals surface area contributed by atoms with Gasteiger partial charge in [-0.25, -0.2) is 4.90 Å². The van der Waals surface area contributed by atoms with Gasteiger partial charge >= 0.3 is 0 Å². The van der Waals surface area contributed by atoms with Crippen molar-refractivity contribution in [2.45, 2.75) is 4.90 Å². The molecular weight excluding hydrogens is 368 g/mol. The number of rotatable bonds is 5. The zero-order chi connectivity index (χ0) is 19.5. The Morgan fingerprint density at radius 2 is 1.25 bits per heavy atom. The van der Waals surface area contributed by atoms with Crippen molar-refractivity contribution in [1.29, 1.82) is 0 Å². The molecule has 4 nitrogen and oxygen atoms in total. The van der Waals surface area contributed by atoms with E-state index in [9.17, 15) is 9.59 Å². The van der Waals surface area contributed by atoms with Crippen molar-refractivity contribution < 1.29 is 9.59 Å². The van der Waals surface area contributed by atoms with Crippen LogP contribution in [-0.4, -0.2) is 18.9 Å². The molecule has 0 aromatic heterocycles. The first-order valence-corrected chi connectivity index (χ1v) is 9.68. The lowest BCUT2D eigenvalue weighted by Gasteiger charge is -2.21. The number of imide groups is 1. The molecule has 0 saturated carbocycles. The van der Waals surface area contributed by atoms with Crippen LogP contribution < -0.4 is 9.80 Å². The standard InChI is InChI=1S/C23H18N2O2S/c1-24(17-11-5-2-6-12-17)20-21(28-19-15-9-4-10-16-19)23(27)25(22(20)26)18-13-7-3-8-14-18/h2-16H,1H3. The second-order valence-corrected chi connectivity index (χ2v) is 7.35. The van der Waals surface area contributed by atoms with E-state index in [4.69, 9.17) is 0 Å². The Labute approximate surface area is 168 Å².